The second-order valence-corrected chi connectivity index (χ2v) is 4.79. The summed E-state index contributed by atoms with van der Waals surface area (Å²) in [6.07, 6.45) is 0. The van der Waals surface area contributed by atoms with Gasteiger partial charge in [-0.3, -0.25) is 10.1 Å². The zero-order valence-corrected chi connectivity index (χ0v) is 11.0. The highest BCUT2D eigenvalue weighted by atomic mass is 35.5. The van der Waals surface area contributed by atoms with Gasteiger partial charge in [0.25, 0.3) is 5.69 Å². The molecule has 0 aliphatic carbocycles. The summed E-state index contributed by atoms with van der Waals surface area (Å²) in [6, 6.07) is 10.1. The maximum absolute atomic E-state index is 10.9. The van der Waals surface area contributed by atoms with E-state index in [4.69, 9.17) is 23.2 Å². The Morgan fingerprint density at radius 3 is 2.17 bits per heavy atom. The molecule has 0 amide bonds. The van der Waals surface area contributed by atoms with E-state index >= 15 is 0 Å². The van der Waals surface area contributed by atoms with Crippen LogP contribution < -0.4 is 0 Å². The maximum Gasteiger partial charge on any atom is 0.272 e. The van der Waals surface area contributed by atoms with Crippen LogP contribution in [-0.2, 0) is 0 Å². The number of nitro groups is 1. The Morgan fingerprint density at radius 1 is 1.00 bits per heavy atom. The van der Waals surface area contributed by atoms with Crippen LogP contribution in [0.3, 0.4) is 0 Å². The molecule has 3 nitrogen and oxygen atoms in total. The standard InChI is InChI=1S/C13H9Cl2NO2/c1-8-2-3-9(6-13(8)16(17)18)10-4-11(14)7-12(15)5-10/h2-7H,1H3. The van der Waals surface area contributed by atoms with Gasteiger partial charge >= 0.3 is 0 Å². The number of aryl methyl sites for hydroxylation is 1. The first-order valence-corrected chi connectivity index (χ1v) is 5.94. The first-order chi connectivity index (χ1) is 8.47. The van der Waals surface area contributed by atoms with E-state index in [0.717, 1.165) is 11.1 Å². The van der Waals surface area contributed by atoms with Crippen molar-refractivity contribution in [2.45, 2.75) is 6.92 Å². The number of halogens is 2. The summed E-state index contributed by atoms with van der Waals surface area (Å²) in [6.45, 7) is 1.70. The van der Waals surface area contributed by atoms with Crippen molar-refractivity contribution < 1.29 is 4.92 Å². The van der Waals surface area contributed by atoms with Gasteiger partial charge in [0, 0.05) is 21.7 Å². The molecule has 0 aromatic heterocycles. The predicted octanol–water partition coefficient (Wildman–Crippen LogP) is 4.88. The minimum atomic E-state index is -0.398. The smallest absolute Gasteiger partial charge is 0.258 e. The van der Waals surface area contributed by atoms with Crippen LogP contribution >= 0.6 is 23.2 Å². The number of hydrogen-bond donors (Lipinski definition) is 0. The van der Waals surface area contributed by atoms with Crippen LogP contribution in [0.25, 0.3) is 11.1 Å². The molecule has 0 saturated carbocycles. The Kier molecular flexibility index (Phi) is 3.55. The van der Waals surface area contributed by atoms with Gasteiger partial charge in [-0.05, 0) is 36.2 Å². The van der Waals surface area contributed by atoms with Gasteiger partial charge in [0.15, 0.2) is 0 Å². The van der Waals surface area contributed by atoms with E-state index in [9.17, 15) is 10.1 Å². The summed E-state index contributed by atoms with van der Waals surface area (Å²) < 4.78 is 0. The zero-order valence-electron chi connectivity index (χ0n) is 9.48. The Bertz CT molecular complexity index is 606. The quantitative estimate of drug-likeness (QED) is 0.582. The largest absolute Gasteiger partial charge is 0.272 e. The highest BCUT2D eigenvalue weighted by molar-refractivity contribution is 6.35. The highest BCUT2D eigenvalue weighted by Crippen LogP contribution is 2.30. The van der Waals surface area contributed by atoms with Gasteiger partial charge in [-0.2, -0.15) is 0 Å². The molecule has 0 aliphatic rings. The maximum atomic E-state index is 10.9. The monoisotopic (exact) mass is 281 g/mol. The van der Waals surface area contributed by atoms with E-state index in [2.05, 4.69) is 0 Å². The number of nitro benzene ring substituents is 1. The summed E-state index contributed by atoms with van der Waals surface area (Å²) in [4.78, 5) is 10.5. The Balaban J connectivity index is 2.57. The molecule has 0 heterocycles. The summed E-state index contributed by atoms with van der Waals surface area (Å²) in [7, 11) is 0. The van der Waals surface area contributed by atoms with Crippen LogP contribution in [-0.4, -0.2) is 4.92 Å². The minimum Gasteiger partial charge on any atom is -0.258 e. The molecule has 92 valence electrons. The molecule has 2 aromatic rings. The van der Waals surface area contributed by atoms with Gasteiger partial charge in [0.2, 0.25) is 0 Å². The van der Waals surface area contributed by atoms with E-state index in [1.165, 1.54) is 6.07 Å². The van der Waals surface area contributed by atoms with Crippen LogP contribution in [0, 0.1) is 17.0 Å². The van der Waals surface area contributed by atoms with Crippen LogP contribution in [0.15, 0.2) is 36.4 Å². The lowest BCUT2D eigenvalue weighted by atomic mass is 10.0. The molecule has 0 radical (unpaired) electrons. The van der Waals surface area contributed by atoms with Crippen molar-refractivity contribution in [1.82, 2.24) is 0 Å². The SMILES string of the molecule is Cc1ccc(-c2cc(Cl)cc(Cl)c2)cc1[N+](=O)[O-]. The molecule has 0 fully saturated rings. The number of benzene rings is 2. The first-order valence-electron chi connectivity index (χ1n) is 5.19. The van der Waals surface area contributed by atoms with Gasteiger partial charge in [0.1, 0.15) is 0 Å². The summed E-state index contributed by atoms with van der Waals surface area (Å²) in [5.41, 5.74) is 2.19. The third-order valence-corrected chi connectivity index (χ3v) is 3.04. The fraction of sp³-hybridized carbons (Fsp3) is 0.0769. The van der Waals surface area contributed by atoms with Crippen LogP contribution in [0.2, 0.25) is 10.0 Å². The van der Waals surface area contributed by atoms with Crippen LogP contribution in [0.5, 0.6) is 0 Å². The molecule has 0 N–H and O–H groups in total. The molecule has 18 heavy (non-hydrogen) atoms. The second kappa shape index (κ2) is 4.96. The van der Waals surface area contributed by atoms with Crippen molar-refractivity contribution in [2.24, 2.45) is 0 Å². The normalized spacial score (nSPS) is 10.4. The average Bonchev–Trinajstić information content (AvgIpc) is 2.27. The van der Waals surface area contributed by atoms with Crippen molar-refractivity contribution in [3.8, 4) is 11.1 Å². The molecule has 0 saturated heterocycles. The van der Waals surface area contributed by atoms with Gasteiger partial charge < -0.3 is 0 Å². The van der Waals surface area contributed by atoms with Gasteiger partial charge in [-0.1, -0.05) is 35.3 Å². The molecule has 0 bridgehead atoms. The fourth-order valence-corrected chi connectivity index (χ4v) is 2.23. The van der Waals surface area contributed by atoms with Crippen molar-refractivity contribution in [3.63, 3.8) is 0 Å². The Labute approximate surface area is 114 Å². The summed E-state index contributed by atoms with van der Waals surface area (Å²) in [5.74, 6) is 0. The third-order valence-electron chi connectivity index (χ3n) is 2.60. The first kappa shape index (κ1) is 12.9. The Morgan fingerprint density at radius 2 is 1.61 bits per heavy atom. The molecule has 0 aliphatic heterocycles. The van der Waals surface area contributed by atoms with Crippen molar-refractivity contribution in [1.29, 1.82) is 0 Å². The van der Waals surface area contributed by atoms with Crippen molar-refractivity contribution in [3.05, 3.63) is 62.1 Å². The number of hydrogen-bond acceptors (Lipinski definition) is 2. The second-order valence-electron chi connectivity index (χ2n) is 3.92. The summed E-state index contributed by atoms with van der Waals surface area (Å²) >= 11 is 11.8. The van der Waals surface area contributed by atoms with E-state index in [-0.39, 0.29) is 5.69 Å². The van der Waals surface area contributed by atoms with Crippen molar-refractivity contribution in [2.75, 3.05) is 0 Å². The molecule has 2 aromatic carbocycles. The molecule has 0 spiro atoms. The zero-order chi connectivity index (χ0) is 13.3. The van der Waals surface area contributed by atoms with E-state index in [0.29, 0.717) is 15.6 Å². The molecule has 0 atom stereocenters. The third kappa shape index (κ3) is 2.63. The lowest BCUT2D eigenvalue weighted by molar-refractivity contribution is -0.385. The van der Waals surface area contributed by atoms with Gasteiger partial charge in [-0.15, -0.1) is 0 Å². The minimum absolute atomic E-state index is 0.0867. The van der Waals surface area contributed by atoms with Crippen LogP contribution in [0.1, 0.15) is 5.56 Å². The van der Waals surface area contributed by atoms with Gasteiger partial charge in [-0.25, -0.2) is 0 Å². The van der Waals surface area contributed by atoms with Gasteiger partial charge in [0.05, 0.1) is 4.92 Å². The van der Waals surface area contributed by atoms with E-state index in [1.54, 1.807) is 31.2 Å². The van der Waals surface area contributed by atoms with Crippen molar-refractivity contribution >= 4 is 28.9 Å². The molecular formula is C13H9Cl2NO2. The van der Waals surface area contributed by atoms with E-state index in [1.807, 2.05) is 6.07 Å². The molecule has 0 unspecified atom stereocenters. The molecule has 5 heteroatoms. The number of nitrogens with zero attached hydrogens (tertiary/aromatic N) is 1. The average molecular weight is 282 g/mol. The number of rotatable bonds is 2. The topological polar surface area (TPSA) is 43.1 Å². The van der Waals surface area contributed by atoms with Crippen LogP contribution in [0.4, 0.5) is 5.69 Å². The summed E-state index contributed by atoms with van der Waals surface area (Å²) in [5, 5.41) is 11.9. The predicted molar refractivity (Wildman–Crippen MR) is 73.3 cm³/mol. The molecule has 2 rings (SSSR count). The lowest BCUT2D eigenvalue weighted by Crippen LogP contribution is -1.92. The van der Waals surface area contributed by atoms with E-state index < -0.39 is 4.92 Å². The highest BCUT2D eigenvalue weighted by Gasteiger charge is 2.12. The molecular weight excluding hydrogens is 273 g/mol. The fourth-order valence-electron chi connectivity index (χ4n) is 1.71. The Hall–Kier alpha value is -1.58. The lowest BCUT2D eigenvalue weighted by Gasteiger charge is -2.05.